The van der Waals surface area contributed by atoms with E-state index >= 15 is 0 Å². The molecular weight excluding hydrogens is 165 g/mol. The first kappa shape index (κ1) is 10.2. The van der Waals surface area contributed by atoms with Gasteiger partial charge < -0.3 is 14.6 Å². The first-order chi connectivity index (χ1) is 4.75. The third-order valence-electron chi connectivity index (χ3n) is 1.34. The average Bonchev–Trinajstić information content (AvgIpc) is 1.83. The summed E-state index contributed by atoms with van der Waals surface area (Å²) >= 11 is 0. The third kappa shape index (κ3) is 1.62. The van der Waals surface area contributed by atoms with Gasteiger partial charge in [-0.3, -0.25) is 0 Å². The molecule has 0 aromatic rings. The highest BCUT2D eigenvalue weighted by molar-refractivity contribution is 5.75. The van der Waals surface area contributed by atoms with E-state index < -0.39 is 17.7 Å². The Hall–Kier alpha value is -0.780. The zero-order valence-corrected chi connectivity index (χ0v) is 5.86. The minimum absolute atomic E-state index is 0.391. The summed E-state index contributed by atoms with van der Waals surface area (Å²) in [5.41, 5.74) is -3.22. The van der Waals surface area contributed by atoms with Crippen molar-refractivity contribution in [3.8, 4) is 0 Å². The smallest absolute Gasteiger partial charge is 0.422 e. The van der Waals surface area contributed by atoms with Crippen LogP contribution in [0.15, 0.2) is 0 Å². The predicted molar refractivity (Wildman–Crippen MR) is 26.5 cm³/mol. The quantitative estimate of drug-likeness (QED) is 0.573. The lowest BCUT2D eigenvalue weighted by molar-refractivity contribution is -0.354. The molecule has 0 N–H and O–H groups in total. The van der Waals surface area contributed by atoms with Gasteiger partial charge in [0.05, 0.1) is 5.97 Å². The molecule has 6 heteroatoms. The van der Waals surface area contributed by atoms with Crippen molar-refractivity contribution < 1.29 is 27.8 Å². The van der Waals surface area contributed by atoms with Gasteiger partial charge in [-0.25, -0.2) is 0 Å². The van der Waals surface area contributed by atoms with E-state index in [9.17, 15) is 23.1 Å². The zero-order chi connectivity index (χ0) is 9.28. The summed E-state index contributed by atoms with van der Waals surface area (Å²) in [4.78, 5) is 9.94. The summed E-state index contributed by atoms with van der Waals surface area (Å²) < 4.78 is 39.2. The largest absolute Gasteiger partial charge is 0.547 e. The SMILES string of the molecule is CO[C@](C)(C(=O)[O-])C(F)(F)F. The fraction of sp³-hybridized carbons (Fsp3) is 0.800. The van der Waals surface area contributed by atoms with Crippen LogP contribution in [0.5, 0.6) is 0 Å². The number of hydrogen-bond acceptors (Lipinski definition) is 3. The summed E-state index contributed by atoms with van der Waals surface area (Å²) in [5.74, 6) is -2.30. The van der Waals surface area contributed by atoms with Crippen LogP contribution < -0.4 is 5.11 Å². The van der Waals surface area contributed by atoms with Crippen LogP contribution in [0.2, 0.25) is 0 Å². The van der Waals surface area contributed by atoms with E-state index in [-0.39, 0.29) is 0 Å². The van der Waals surface area contributed by atoms with Crippen LogP contribution in [-0.2, 0) is 9.53 Å². The van der Waals surface area contributed by atoms with E-state index in [1.54, 1.807) is 0 Å². The molecule has 0 saturated heterocycles. The van der Waals surface area contributed by atoms with Crippen LogP contribution in [0.4, 0.5) is 13.2 Å². The molecule has 0 unspecified atom stereocenters. The number of methoxy groups -OCH3 is 1. The molecule has 3 nitrogen and oxygen atoms in total. The zero-order valence-electron chi connectivity index (χ0n) is 5.86. The van der Waals surface area contributed by atoms with Crippen molar-refractivity contribution in [1.29, 1.82) is 0 Å². The van der Waals surface area contributed by atoms with Crippen molar-refractivity contribution in [2.75, 3.05) is 7.11 Å². The summed E-state index contributed by atoms with van der Waals surface area (Å²) in [6, 6.07) is 0. The van der Waals surface area contributed by atoms with E-state index in [0.29, 0.717) is 14.0 Å². The number of rotatable bonds is 2. The Morgan fingerprint density at radius 3 is 1.82 bits per heavy atom. The fourth-order valence-electron chi connectivity index (χ4n) is 0.315. The maximum Gasteiger partial charge on any atom is 0.422 e. The minimum atomic E-state index is -4.96. The van der Waals surface area contributed by atoms with Gasteiger partial charge in [-0.1, -0.05) is 0 Å². The van der Waals surface area contributed by atoms with Gasteiger partial charge in [0, 0.05) is 7.11 Å². The minimum Gasteiger partial charge on any atom is -0.547 e. The molecule has 0 aliphatic rings. The number of ether oxygens (including phenoxy) is 1. The van der Waals surface area contributed by atoms with E-state index in [2.05, 4.69) is 4.74 Å². The topological polar surface area (TPSA) is 49.4 Å². The normalized spacial score (nSPS) is 17.5. The number of carbonyl (C=O) groups is 1. The first-order valence-corrected chi connectivity index (χ1v) is 2.59. The summed E-state index contributed by atoms with van der Waals surface area (Å²) in [5, 5.41) is 9.94. The first-order valence-electron chi connectivity index (χ1n) is 2.59. The monoisotopic (exact) mass is 171 g/mol. The van der Waals surface area contributed by atoms with Gasteiger partial charge in [0.2, 0.25) is 0 Å². The molecule has 0 aromatic heterocycles. The second kappa shape index (κ2) is 2.69. The molecule has 0 fully saturated rings. The maximum atomic E-state index is 11.8. The Morgan fingerprint density at radius 2 is 1.82 bits per heavy atom. The molecule has 0 aliphatic carbocycles. The molecule has 66 valence electrons. The highest BCUT2D eigenvalue weighted by atomic mass is 19.4. The van der Waals surface area contributed by atoms with Gasteiger partial charge >= 0.3 is 6.18 Å². The van der Waals surface area contributed by atoms with Crippen LogP contribution in [0.1, 0.15) is 6.92 Å². The molecule has 0 aromatic carbocycles. The third-order valence-corrected chi connectivity index (χ3v) is 1.34. The van der Waals surface area contributed by atoms with Gasteiger partial charge in [-0.05, 0) is 6.92 Å². The summed E-state index contributed by atoms with van der Waals surface area (Å²) in [7, 11) is 0.656. The fourth-order valence-corrected chi connectivity index (χ4v) is 0.315. The lowest BCUT2D eigenvalue weighted by Gasteiger charge is -2.30. The van der Waals surface area contributed by atoms with Gasteiger partial charge in [-0.2, -0.15) is 13.2 Å². The highest BCUT2D eigenvalue weighted by Gasteiger charge is 2.53. The number of carboxylic acids is 1. The molecular formula is C5H6F3O3-. The van der Waals surface area contributed by atoms with Gasteiger partial charge in [0.25, 0.3) is 0 Å². The molecule has 0 saturated carbocycles. The highest BCUT2D eigenvalue weighted by Crippen LogP contribution is 2.32. The summed E-state index contributed by atoms with van der Waals surface area (Å²) in [6.45, 7) is 0.391. The van der Waals surface area contributed by atoms with Gasteiger partial charge in [0.15, 0.2) is 5.60 Å². The second-order valence-corrected chi connectivity index (χ2v) is 2.02. The van der Waals surface area contributed by atoms with Crippen molar-refractivity contribution in [2.45, 2.75) is 18.7 Å². The lowest BCUT2D eigenvalue weighted by atomic mass is 10.1. The van der Waals surface area contributed by atoms with Crippen LogP contribution in [0.25, 0.3) is 0 Å². The standard InChI is InChI=1S/C5H7F3O3/c1-4(11-2,3(9)10)5(6,7)8/h1-2H3,(H,9,10)/p-1/t4-/m1/s1. The average molecular weight is 171 g/mol. The molecule has 1 atom stereocenters. The van der Waals surface area contributed by atoms with Crippen LogP contribution in [0.3, 0.4) is 0 Å². The molecule has 0 rings (SSSR count). The molecule has 0 amide bonds. The summed E-state index contributed by atoms with van der Waals surface area (Å²) in [6.07, 6.45) is -4.96. The molecule has 0 bridgehead atoms. The van der Waals surface area contributed by atoms with Crippen molar-refractivity contribution >= 4 is 5.97 Å². The Balaban J connectivity index is 4.75. The van der Waals surface area contributed by atoms with E-state index in [1.165, 1.54) is 0 Å². The van der Waals surface area contributed by atoms with Crippen molar-refractivity contribution in [3.63, 3.8) is 0 Å². The molecule has 0 aliphatic heterocycles. The number of halogens is 3. The van der Waals surface area contributed by atoms with Gasteiger partial charge in [0.1, 0.15) is 0 Å². The molecule has 0 radical (unpaired) electrons. The number of hydrogen-bond donors (Lipinski definition) is 0. The van der Waals surface area contributed by atoms with Crippen molar-refractivity contribution in [3.05, 3.63) is 0 Å². The van der Waals surface area contributed by atoms with Crippen LogP contribution in [-0.4, -0.2) is 24.9 Å². The number of carbonyl (C=O) groups excluding carboxylic acids is 1. The Bertz CT molecular complexity index is 165. The second-order valence-electron chi connectivity index (χ2n) is 2.02. The molecule has 11 heavy (non-hydrogen) atoms. The van der Waals surface area contributed by atoms with Crippen LogP contribution in [0, 0.1) is 0 Å². The van der Waals surface area contributed by atoms with Crippen molar-refractivity contribution in [1.82, 2.24) is 0 Å². The maximum absolute atomic E-state index is 11.8. The Labute approximate surface area is 60.8 Å². The van der Waals surface area contributed by atoms with E-state index in [4.69, 9.17) is 0 Å². The lowest BCUT2D eigenvalue weighted by Crippen LogP contribution is -2.57. The van der Waals surface area contributed by atoms with E-state index in [1.807, 2.05) is 0 Å². The number of aliphatic carboxylic acids is 1. The Morgan fingerprint density at radius 1 is 1.45 bits per heavy atom. The molecule has 0 heterocycles. The Kier molecular flexibility index (Phi) is 2.50. The molecule has 0 spiro atoms. The van der Waals surface area contributed by atoms with Gasteiger partial charge in [-0.15, -0.1) is 0 Å². The van der Waals surface area contributed by atoms with E-state index in [0.717, 1.165) is 0 Å². The van der Waals surface area contributed by atoms with Crippen molar-refractivity contribution in [2.24, 2.45) is 0 Å². The number of carboxylic acid groups (broad SMARTS) is 1. The number of alkyl halides is 3. The van der Waals surface area contributed by atoms with Crippen LogP contribution >= 0.6 is 0 Å². The predicted octanol–water partition coefficient (Wildman–Crippen LogP) is -0.296.